The number of fused-ring (bicyclic) bond motifs is 5. The fourth-order valence-corrected chi connectivity index (χ4v) is 5.94. The van der Waals surface area contributed by atoms with Crippen molar-refractivity contribution in [2.24, 2.45) is 5.41 Å². The lowest BCUT2D eigenvalue weighted by atomic mass is 9.72. The molecule has 3 heterocycles. The van der Waals surface area contributed by atoms with Crippen LogP contribution in [0, 0.1) is 5.41 Å². The molecule has 2 atom stereocenters. The van der Waals surface area contributed by atoms with Crippen LogP contribution in [0.25, 0.3) is 0 Å². The van der Waals surface area contributed by atoms with Crippen molar-refractivity contribution >= 4 is 39.0 Å². The third kappa shape index (κ3) is 1.81. The van der Waals surface area contributed by atoms with Crippen LogP contribution in [-0.2, 0) is 0 Å². The largest absolute Gasteiger partial charge is 0.493 e. The van der Waals surface area contributed by atoms with Gasteiger partial charge in [0, 0.05) is 32.0 Å². The molecule has 0 radical (unpaired) electrons. The van der Waals surface area contributed by atoms with Crippen molar-refractivity contribution in [3.8, 4) is 5.75 Å². The van der Waals surface area contributed by atoms with E-state index in [0.29, 0.717) is 6.61 Å². The van der Waals surface area contributed by atoms with Crippen molar-refractivity contribution in [1.82, 2.24) is 4.98 Å². The van der Waals surface area contributed by atoms with E-state index in [1.165, 1.54) is 16.9 Å². The summed E-state index contributed by atoms with van der Waals surface area (Å²) in [5, 5.41) is 1.04. The second-order valence-corrected chi connectivity index (χ2v) is 8.47. The first-order valence-electron chi connectivity index (χ1n) is 6.35. The molecule has 2 aromatic rings. The van der Waals surface area contributed by atoms with E-state index in [4.69, 9.17) is 4.74 Å². The van der Waals surface area contributed by atoms with Gasteiger partial charge in [-0.1, -0.05) is 34.2 Å². The van der Waals surface area contributed by atoms with E-state index in [2.05, 4.69) is 33.9 Å². The van der Waals surface area contributed by atoms with Gasteiger partial charge in [0.2, 0.25) is 0 Å². The highest BCUT2D eigenvalue weighted by molar-refractivity contribution is 9.10. The van der Waals surface area contributed by atoms with Crippen molar-refractivity contribution in [1.29, 1.82) is 0 Å². The highest BCUT2D eigenvalue weighted by Gasteiger charge is 2.47. The molecule has 1 aromatic heterocycles. The smallest absolute Gasteiger partial charge is 0.305 e. The van der Waals surface area contributed by atoms with Crippen LogP contribution in [0.3, 0.4) is 0 Å². The maximum absolute atomic E-state index is 11.7. The minimum absolute atomic E-state index is 0.0368. The van der Waals surface area contributed by atoms with Crippen molar-refractivity contribution < 1.29 is 4.74 Å². The molecule has 20 heavy (non-hydrogen) atoms. The first kappa shape index (κ1) is 13.0. The fraction of sp³-hybridized carbons (Fsp3) is 0.357. The molecule has 2 aliphatic heterocycles. The molecule has 104 valence electrons. The number of aromatic amines is 1. The molecule has 2 aliphatic rings. The number of thioether (sulfide) groups is 1. The molecular weight excluding hydrogens is 358 g/mol. The molecule has 3 nitrogen and oxygen atoms in total. The lowest BCUT2D eigenvalue weighted by Gasteiger charge is -2.44. The topological polar surface area (TPSA) is 42.1 Å². The molecule has 4 rings (SSSR count). The predicted molar refractivity (Wildman–Crippen MR) is 85.3 cm³/mol. The fourth-order valence-electron chi connectivity index (χ4n) is 3.02. The number of hydrogen-bond acceptors (Lipinski definition) is 4. The summed E-state index contributed by atoms with van der Waals surface area (Å²) in [7, 11) is 0. The number of H-pyrrole nitrogens is 1. The maximum atomic E-state index is 11.7. The van der Waals surface area contributed by atoms with Crippen LogP contribution in [0.5, 0.6) is 5.75 Å². The highest BCUT2D eigenvalue weighted by Crippen LogP contribution is 2.56. The van der Waals surface area contributed by atoms with Gasteiger partial charge in [0.1, 0.15) is 5.75 Å². The number of ether oxygens (including phenoxy) is 1. The molecule has 6 heteroatoms. The molecule has 0 saturated carbocycles. The van der Waals surface area contributed by atoms with E-state index in [-0.39, 0.29) is 16.2 Å². The molecule has 1 aromatic carbocycles. The van der Waals surface area contributed by atoms with Gasteiger partial charge in [-0.15, -0.1) is 11.8 Å². The molecule has 0 amide bonds. The van der Waals surface area contributed by atoms with Crippen LogP contribution in [0.4, 0.5) is 0 Å². The maximum Gasteiger partial charge on any atom is 0.305 e. The Morgan fingerprint density at radius 1 is 1.50 bits per heavy atom. The number of thiazole rings is 1. The molecule has 0 spiro atoms. The van der Waals surface area contributed by atoms with Crippen LogP contribution >= 0.6 is 39.0 Å². The molecule has 0 bridgehead atoms. The Labute approximate surface area is 132 Å². The summed E-state index contributed by atoms with van der Waals surface area (Å²) in [4.78, 5) is 15.9. The normalized spacial score (nSPS) is 27.2. The number of aromatic nitrogens is 1. The SMILES string of the molecule is C[C@]12COc3ccc(Br)cc3[C@H]1c1sc(=O)[nH]c1SC2. The van der Waals surface area contributed by atoms with Gasteiger partial charge in [0.15, 0.2) is 0 Å². The van der Waals surface area contributed by atoms with E-state index in [1.54, 1.807) is 11.8 Å². The monoisotopic (exact) mass is 369 g/mol. The minimum atomic E-state index is 0.0368. The van der Waals surface area contributed by atoms with Gasteiger partial charge >= 0.3 is 4.87 Å². The summed E-state index contributed by atoms with van der Waals surface area (Å²) in [6, 6.07) is 6.14. The van der Waals surface area contributed by atoms with Crippen molar-refractivity contribution in [3.63, 3.8) is 0 Å². The molecular formula is C14H12BrNO2S2. The minimum Gasteiger partial charge on any atom is -0.493 e. The average molecular weight is 370 g/mol. The predicted octanol–water partition coefficient (Wildman–Crippen LogP) is 3.84. The number of halogens is 1. The first-order chi connectivity index (χ1) is 9.57. The Morgan fingerprint density at radius 2 is 2.35 bits per heavy atom. The van der Waals surface area contributed by atoms with E-state index in [0.717, 1.165) is 25.9 Å². The first-order valence-corrected chi connectivity index (χ1v) is 8.94. The van der Waals surface area contributed by atoms with Crippen molar-refractivity contribution in [3.05, 3.63) is 42.8 Å². The zero-order valence-electron chi connectivity index (χ0n) is 10.7. The lowest BCUT2D eigenvalue weighted by molar-refractivity contribution is 0.137. The summed E-state index contributed by atoms with van der Waals surface area (Å²) in [6.45, 7) is 2.95. The summed E-state index contributed by atoms with van der Waals surface area (Å²) in [6.07, 6.45) is 0. The third-order valence-corrected chi connectivity index (χ3v) is 6.97. The van der Waals surface area contributed by atoms with Crippen LogP contribution in [0.1, 0.15) is 23.3 Å². The van der Waals surface area contributed by atoms with E-state index >= 15 is 0 Å². The molecule has 1 N–H and O–H groups in total. The summed E-state index contributed by atoms with van der Waals surface area (Å²) in [5.41, 5.74) is 1.22. The van der Waals surface area contributed by atoms with Gasteiger partial charge < -0.3 is 9.72 Å². The zero-order chi connectivity index (χ0) is 13.9. The third-order valence-electron chi connectivity index (χ3n) is 3.99. The number of hydrogen-bond donors (Lipinski definition) is 1. The van der Waals surface area contributed by atoms with Crippen LogP contribution in [-0.4, -0.2) is 17.3 Å². The van der Waals surface area contributed by atoms with E-state index < -0.39 is 0 Å². The standard InChI is InChI=1S/C14H12BrNO2S2/c1-14-5-18-9-3-2-7(15)4-8(9)10(14)11-12(19-6-14)16-13(17)20-11/h2-4,10H,5-6H2,1H3,(H,16,17)/t10-,14+/m0/s1. The number of nitrogens with one attached hydrogen (secondary N) is 1. The van der Waals surface area contributed by atoms with Crippen LogP contribution < -0.4 is 9.61 Å². The van der Waals surface area contributed by atoms with E-state index in [1.807, 2.05) is 12.1 Å². The van der Waals surface area contributed by atoms with Crippen LogP contribution in [0.2, 0.25) is 0 Å². The van der Waals surface area contributed by atoms with E-state index in [9.17, 15) is 4.79 Å². The molecule has 0 unspecified atom stereocenters. The summed E-state index contributed by atoms with van der Waals surface area (Å²) >= 11 is 6.62. The summed E-state index contributed by atoms with van der Waals surface area (Å²) in [5.74, 6) is 2.14. The van der Waals surface area contributed by atoms with Gasteiger partial charge in [0.05, 0.1) is 11.6 Å². The van der Waals surface area contributed by atoms with Crippen molar-refractivity contribution in [2.45, 2.75) is 17.9 Å². The van der Waals surface area contributed by atoms with Gasteiger partial charge in [-0.25, -0.2) is 0 Å². The second-order valence-electron chi connectivity index (χ2n) is 5.55. The number of benzene rings is 1. The van der Waals surface area contributed by atoms with Crippen LogP contribution in [0.15, 0.2) is 32.5 Å². The Kier molecular flexibility index (Phi) is 2.85. The Balaban J connectivity index is 1.98. The Hall–Kier alpha value is -0.720. The van der Waals surface area contributed by atoms with Gasteiger partial charge in [0.25, 0.3) is 0 Å². The molecule has 0 saturated heterocycles. The van der Waals surface area contributed by atoms with Crippen molar-refractivity contribution in [2.75, 3.05) is 12.4 Å². The number of rotatable bonds is 0. The summed E-state index contributed by atoms with van der Waals surface area (Å²) < 4.78 is 7.00. The Bertz CT molecular complexity index is 754. The quantitative estimate of drug-likeness (QED) is 0.766. The van der Waals surface area contributed by atoms with Gasteiger partial charge in [-0.2, -0.15) is 0 Å². The molecule has 0 fully saturated rings. The molecule has 0 aliphatic carbocycles. The van der Waals surface area contributed by atoms with Gasteiger partial charge in [-0.05, 0) is 18.2 Å². The average Bonchev–Trinajstić information content (AvgIpc) is 2.78. The Morgan fingerprint density at radius 3 is 3.20 bits per heavy atom. The van der Waals surface area contributed by atoms with Gasteiger partial charge in [-0.3, -0.25) is 4.79 Å². The second kappa shape index (κ2) is 4.39. The zero-order valence-corrected chi connectivity index (χ0v) is 14.0. The lowest BCUT2D eigenvalue weighted by Crippen LogP contribution is -2.40. The highest BCUT2D eigenvalue weighted by atomic mass is 79.9.